The Hall–Kier alpha value is -0.570. The lowest BCUT2D eigenvalue weighted by atomic mass is 10.3. The van der Waals surface area contributed by atoms with Crippen LogP contribution in [0.5, 0.6) is 0 Å². The second-order valence-corrected chi connectivity index (χ2v) is 4.21. The minimum absolute atomic E-state index is 0.120. The van der Waals surface area contributed by atoms with Crippen molar-refractivity contribution in [1.29, 1.82) is 0 Å². The summed E-state index contributed by atoms with van der Waals surface area (Å²) in [6.07, 6.45) is 2.35. The van der Waals surface area contributed by atoms with Crippen LogP contribution >= 0.6 is 15.9 Å². The van der Waals surface area contributed by atoms with Gasteiger partial charge >= 0.3 is 0 Å². The lowest BCUT2D eigenvalue weighted by molar-refractivity contribution is 0.623. The maximum absolute atomic E-state index is 13.4. The molecule has 1 heterocycles. The minimum Gasteiger partial charge on any atom is -0.369 e. The van der Waals surface area contributed by atoms with Crippen molar-refractivity contribution in [2.75, 3.05) is 18.0 Å². The molecule has 13 heavy (non-hydrogen) atoms. The Morgan fingerprint density at radius 1 is 1.23 bits per heavy atom. The highest BCUT2D eigenvalue weighted by Crippen LogP contribution is 2.26. The highest BCUT2D eigenvalue weighted by atomic mass is 79.9. The third-order valence-electron chi connectivity index (χ3n) is 2.35. The van der Waals surface area contributed by atoms with Crippen molar-refractivity contribution in [3.05, 3.63) is 28.5 Å². The smallest absolute Gasteiger partial charge is 0.146 e. The zero-order valence-electron chi connectivity index (χ0n) is 7.26. The van der Waals surface area contributed by atoms with Crippen molar-refractivity contribution < 1.29 is 4.39 Å². The van der Waals surface area contributed by atoms with Crippen LogP contribution in [0.2, 0.25) is 0 Å². The molecule has 1 aliphatic rings. The molecule has 2 rings (SSSR count). The quantitative estimate of drug-likeness (QED) is 0.733. The first-order valence-corrected chi connectivity index (χ1v) is 5.27. The fourth-order valence-electron chi connectivity index (χ4n) is 1.69. The molecular weight excluding hydrogens is 233 g/mol. The second kappa shape index (κ2) is 3.66. The van der Waals surface area contributed by atoms with Crippen LogP contribution in [0, 0.1) is 5.82 Å². The van der Waals surface area contributed by atoms with Crippen molar-refractivity contribution in [2.45, 2.75) is 12.8 Å². The number of rotatable bonds is 1. The standard InChI is InChI=1S/C10H11BrFN/c11-8-3-4-9(12)10(7-8)13-5-1-2-6-13/h3-4,7H,1-2,5-6H2. The van der Waals surface area contributed by atoms with Crippen LogP contribution in [0.3, 0.4) is 0 Å². The van der Waals surface area contributed by atoms with Gasteiger partial charge in [-0.2, -0.15) is 0 Å². The topological polar surface area (TPSA) is 3.24 Å². The van der Waals surface area contributed by atoms with Gasteiger partial charge in [0.1, 0.15) is 5.82 Å². The molecule has 3 heteroatoms. The van der Waals surface area contributed by atoms with Crippen LogP contribution in [0.4, 0.5) is 10.1 Å². The first-order valence-electron chi connectivity index (χ1n) is 4.47. The van der Waals surface area contributed by atoms with E-state index >= 15 is 0 Å². The number of halogens is 2. The van der Waals surface area contributed by atoms with E-state index in [9.17, 15) is 4.39 Å². The Morgan fingerprint density at radius 3 is 2.62 bits per heavy atom. The Labute approximate surface area is 85.7 Å². The molecule has 0 amide bonds. The van der Waals surface area contributed by atoms with E-state index < -0.39 is 0 Å². The predicted octanol–water partition coefficient (Wildman–Crippen LogP) is 3.19. The van der Waals surface area contributed by atoms with Gasteiger partial charge in [-0.3, -0.25) is 0 Å². The van der Waals surface area contributed by atoms with E-state index in [0.717, 1.165) is 23.2 Å². The van der Waals surface area contributed by atoms with Crippen molar-refractivity contribution in [2.24, 2.45) is 0 Å². The summed E-state index contributed by atoms with van der Waals surface area (Å²) >= 11 is 3.35. The van der Waals surface area contributed by atoms with Crippen molar-refractivity contribution in [3.8, 4) is 0 Å². The summed E-state index contributed by atoms with van der Waals surface area (Å²) in [5.74, 6) is -0.120. The van der Waals surface area contributed by atoms with Crippen LogP contribution in [-0.2, 0) is 0 Å². The Morgan fingerprint density at radius 2 is 1.92 bits per heavy atom. The van der Waals surface area contributed by atoms with Crippen LogP contribution in [0.25, 0.3) is 0 Å². The molecule has 70 valence electrons. The van der Waals surface area contributed by atoms with Gasteiger partial charge in [-0.25, -0.2) is 4.39 Å². The summed E-state index contributed by atoms with van der Waals surface area (Å²) < 4.78 is 14.3. The van der Waals surface area contributed by atoms with E-state index in [-0.39, 0.29) is 5.82 Å². The lowest BCUT2D eigenvalue weighted by Crippen LogP contribution is -2.18. The second-order valence-electron chi connectivity index (χ2n) is 3.29. The zero-order chi connectivity index (χ0) is 9.26. The highest BCUT2D eigenvalue weighted by Gasteiger charge is 2.15. The SMILES string of the molecule is Fc1ccc(Br)cc1N1CCCC1. The van der Waals surface area contributed by atoms with Crippen LogP contribution in [0.15, 0.2) is 22.7 Å². The van der Waals surface area contributed by atoms with Crippen molar-refractivity contribution >= 4 is 21.6 Å². The number of nitrogens with zero attached hydrogens (tertiary/aromatic N) is 1. The van der Waals surface area contributed by atoms with Gasteiger partial charge in [0.25, 0.3) is 0 Å². The molecular formula is C10H11BrFN. The van der Waals surface area contributed by atoms with Gasteiger partial charge in [0, 0.05) is 17.6 Å². The fourth-order valence-corrected chi connectivity index (χ4v) is 2.04. The zero-order valence-corrected chi connectivity index (χ0v) is 8.85. The fraction of sp³-hybridized carbons (Fsp3) is 0.400. The number of benzene rings is 1. The largest absolute Gasteiger partial charge is 0.369 e. The molecule has 0 bridgehead atoms. The maximum atomic E-state index is 13.4. The lowest BCUT2D eigenvalue weighted by Gasteiger charge is -2.18. The Bertz CT molecular complexity index is 308. The summed E-state index contributed by atoms with van der Waals surface area (Å²) in [6.45, 7) is 1.96. The number of anilines is 1. The molecule has 0 radical (unpaired) electrons. The van der Waals surface area contributed by atoms with E-state index in [4.69, 9.17) is 0 Å². The van der Waals surface area contributed by atoms with Crippen LogP contribution in [-0.4, -0.2) is 13.1 Å². The van der Waals surface area contributed by atoms with Gasteiger partial charge in [-0.1, -0.05) is 15.9 Å². The molecule has 1 aromatic rings. The molecule has 0 aliphatic carbocycles. The minimum atomic E-state index is -0.120. The molecule has 0 unspecified atom stereocenters. The van der Waals surface area contributed by atoms with Crippen molar-refractivity contribution in [3.63, 3.8) is 0 Å². The van der Waals surface area contributed by atoms with Crippen molar-refractivity contribution in [1.82, 2.24) is 0 Å². The average Bonchev–Trinajstić information content (AvgIpc) is 2.61. The maximum Gasteiger partial charge on any atom is 0.146 e. The van der Waals surface area contributed by atoms with Gasteiger partial charge < -0.3 is 4.90 Å². The molecule has 0 N–H and O–H groups in total. The summed E-state index contributed by atoms with van der Waals surface area (Å²) in [7, 11) is 0. The molecule has 0 saturated carbocycles. The predicted molar refractivity (Wildman–Crippen MR) is 55.5 cm³/mol. The normalized spacial score (nSPS) is 16.6. The number of hydrogen-bond acceptors (Lipinski definition) is 1. The van der Waals surface area contributed by atoms with Gasteiger partial charge in [0.15, 0.2) is 0 Å². The summed E-state index contributed by atoms with van der Waals surface area (Å²) in [4.78, 5) is 2.10. The molecule has 0 atom stereocenters. The van der Waals surface area contributed by atoms with E-state index in [1.807, 2.05) is 6.07 Å². The molecule has 1 aliphatic heterocycles. The van der Waals surface area contributed by atoms with E-state index in [2.05, 4.69) is 20.8 Å². The van der Waals surface area contributed by atoms with Gasteiger partial charge in [-0.15, -0.1) is 0 Å². The Kier molecular flexibility index (Phi) is 2.54. The molecule has 1 aromatic carbocycles. The van der Waals surface area contributed by atoms with E-state index in [0.29, 0.717) is 0 Å². The van der Waals surface area contributed by atoms with Gasteiger partial charge in [0.2, 0.25) is 0 Å². The molecule has 1 saturated heterocycles. The summed E-state index contributed by atoms with van der Waals surface area (Å²) in [6, 6.07) is 5.09. The highest BCUT2D eigenvalue weighted by molar-refractivity contribution is 9.10. The third kappa shape index (κ3) is 1.85. The van der Waals surface area contributed by atoms with Gasteiger partial charge in [0.05, 0.1) is 5.69 Å². The summed E-state index contributed by atoms with van der Waals surface area (Å²) in [5.41, 5.74) is 0.729. The van der Waals surface area contributed by atoms with Crippen LogP contribution < -0.4 is 4.90 Å². The average molecular weight is 244 g/mol. The molecule has 0 aromatic heterocycles. The van der Waals surface area contributed by atoms with E-state index in [1.165, 1.54) is 18.9 Å². The van der Waals surface area contributed by atoms with Crippen LogP contribution in [0.1, 0.15) is 12.8 Å². The number of hydrogen-bond donors (Lipinski definition) is 0. The molecule has 1 nitrogen and oxygen atoms in total. The first kappa shape index (κ1) is 9.00. The molecule has 1 fully saturated rings. The van der Waals surface area contributed by atoms with E-state index in [1.54, 1.807) is 6.07 Å². The van der Waals surface area contributed by atoms with Gasteiger partial charge in [-0.05, 0) is 31.0 Å². The monoisotopic (exact) mass is 243 g/mol. The molecule has 0 spiro atoms. The third-order valence-corrected chi connectivity index (χ3v) is 2.85. The Balaban J connectivity index is 2.32. The summed E-state index contributed by atoms with van der Waals surface area (Å²) in [5, 5.41) is 0. The first-order chi connectivity index (χ1) is 6.27.